The number of hydrogen-bond donors (Lipinski definition) is 2. The summed E-state index contributed by atoms with van der Waals surface area (Å²) in [5.41, 5.74) is -0.0327. The van der Waals surface area contributed by atoms with Gasteiger partial charge in [0.25, 0.3) is 11.5 Å². The summed E-state index contributed by atoms with van der Waals surface area (Å²) in [6, 6.07) is 1.41. The quantitative estimate of drug-likeness (QED) is 0.864. The van der Waals surface area contributed by atoms with Crippen LogP contribution in [0.15, 0.2) is 21.5 Å². The molecule has 18 heavy (non-hydrogen) atoms. The van der Waals surface area contributed by atoms with Gasteiger partial charge in [0, 0.05) is 19.8 Å². The van der Waals surface area contributed by atoms with Gasteiger partial charge in [-0.3, -0.25) is 14.4 Å². The highest BCUT2D eigenvalue weighted by atomic mass is 79.9. The largest absolute Gasteiger partial charge is 0.481 e. The van der Waals surface area contributed by atoms with E-state index in [0.717, 1.165) is 0 Å². The number of aromatic amines is 1. The minimum absolute atomic E-state index is 0.102. The van der Waals surface area contributed by atoms with Gasteiger partial charge in [0.2, 0.25) is 0 Å². The zero-order valence-corrected chi connectivity index (χ0v) is 11.5. The highest BCUT2D eigenvalue weighted by molar-refractivity contribution is 9.10. The number of carboxylic acids is 1. The zero-order valence-electron chi connectivity index (χ0n) is 9.94. The van der Waals surface area contributed by atoms with Gasteiger partial charge in [0.1, 0.15) is 0 Å². The van der Waals surface area contributed by atoms with Gasteiger partial charge in [0.05, 0.1) is 16.0 Å². The molecule has 0 aliphatic heterocycles. The van der Waals surface area contributed by atoms with Crippen molar-refractivity contribution in [3.63, 3.8) is 0 Å². The van der Waals surface area contributed by atoms with Crippen LogP contribution >= 0.6 is 15.9 Å². The molecular weight excluding hydrogens is 304 g/mol. The molecule has 1 atom stereocenters. The maximum Gasteiger partial charge on any atom is 0.308 e. The molecule has 0 saturated heterocycles. The standard InChI is InChI=1S/C11H13BrN2O4/c1-6(11(17)18)5-14(2)10(16)7-3-8(12)9(15)13-4-7/h3-4,6H,5H2,1-2H3,(H,13,15)(H,17,18). The topological polar surface area (TPSA) is 90.5 Å². The molecule has 98 valence electrons. The number of pyridine rings is 1. The molecule has 7 heteroatoms. The molecule has 0 aromatic carbocycles. The van der Waals surface area contributed by atoms with Gasteiger partial charge < -0.3 is 15.0 Å². The molecule has 0 aliphatic rings. The summed E-state index contributed by atoms with van der Waals surface area (Å²) >= 11 is 3.03. The third-order valence-electron chi connectivity index (χ3n) is 2.42. The van der Waals surface area contributed by atoms with Gasteiger partial charge in [-0.15, -0.1) is 0 Å². The number of carbonyl (C=O) groups is 2. The van der Waals surface area contributed by atoms with Crippen LogP contribution in [0.25, 0.3) is 0 Å². The molecule has 0 spiro atoms. The third kappa shape index (κ3) is 3.43. The second-order valence-corrected chi connectivity index (χ2v) is 4.84. The van der Waals surface area contributed by atoms with Crippen LogP contribution in [-0.2, 0) is 4.79 Å². The Morgan fingerprint density at radius 1 is 1.56 bits per heavy atom. The molecule has 2 N–H and O–H groups in total. The molecule has 1 aromatic rings. The van der Waals surface area contributed by atoms with Crippen molar-refractivity contribution >= 4 is 27.8 Å². The first-order valence-electron chi connectivity index (χ1n) is 5.19. The van der Waals surface area contributed by atoms with E-state index in [1.165, 1.54) is 31.1 Å². The number of nitrogens with zero attached hydrogens (tertiary/aromatic N) is 1. The lowest BCUT2D eigenvalue weighted by molar-refractivity contribution is -0.141. The van der Waals surface area contributed by atoms with E-state index in [1.54, 1.807) is 0 Å². The summed E-state index contributed by atoms with van der Waals surface area (Å²) in [6.45, 7) is 1.62. The van der Waals surface area contributed by atoms with Crippen LogP contribution in [0.2, 0.25) is 0 Å². The lowest BCUT2D eigenvalue weighted by Gasteiger charge is -2.19. The number of aromatic nitrogens is 1. The molecule has 1 amide bonds. The first-order valence-corrected chi connectivity index (χ1v) is 5.98. The number of H-pyrrole nitrogens is 1. The third-order valence-corrected chi connectivity index (χ3v) is 3.01. The van der Waals surface area contributed by atoms with E-state index >= 15 is 0 Å². The summed E-state index contributed by atoms with van der Waals surface area (Å²) < 4.78 is 0.257. The number of hydrogen-bond acceptors (Lipinski definition) is 3. The Balaban J connectivity index is 2.83. The fraction of sp³-hybridized carbons (Fsp3) is 0.364. The minimum atomic E-state index is -0.961. The number of halogens is 1. The van der Waals surface area contributed by atoms with E-state index in [1.807, 2.05) is 0 Å². The van der Waals surface area contributed by atoms with Gasteiger partial charge in [-0.2, -0.15) is 0 Å². The van der Waals surface area contributed by atoms with Crippen molar-refractivity contribution in [3.8, 4) is 0 Å². The molecular formula is C11H13BrN2O4. The Morgan fingerprint density at radius 3 is 2.67 bits per heavy atom. The first-order chi connectivity index (χ1) is 8.32. The van der Waals surface area contributed by atoms with Crippen LogP contribution in [0, 0.1) is 5.92 Å². The van der Waals surface area contributed by atoms with Gasteiger partial charge in [-0.25, -0.2) is 0 Å². The zero-order chi connectivity index (χ0) is 13.9. The monoisotopic (exact) mass is 316 g/mol. The number of aliphatic carboxylic acids is 1. The van der Waals surface area contributed by atoms with Crippen LogP contribution in [0.3, 0.4) is 0 Å². The van der Waals surface area contributed by atoms with Gasteiger partial charge in [0.15, 0.2) is 0 Å². The maximum absolute atomic E-state index is 12.0. The molecule has 0 aliphatic carbocycles. The van der Waals surface area contributed by atoms with Crippen molar-refractivity contribution in [3.05, 3.63) is 32.7 Å². The highest BCUT2D eigenvalue weighted by Gasteiger charge is 2.19. The second-order valence-electron chi connectivity index (χ2n) is 3.99. The van der Waals surface area contributed by atoms with Gasteiger partial charge in [-0.1, -0.05) is 6.92 Å². The lowest BCUT2D eigenvalue weighted by atomic mass is 10.1. The van der Waals surface area contributed by atoms with Gasteiger partial charge >= 0.3 is 5.97 Å². The Labute approximate surface area is 112 Å². The van der Waals surface area contributed by atoms with Gasteiger partial charge in [-0.05, 0) is 22.0 Å². The number of carboxylic acid groups (broad SMARTS) is 1. The van der Waals surface area contributed by atoms with E-state index in [0.29, 0.717) is 5.56 Å². The smallest absolute Gasteiger partial charge is 0.308 e. The summed E-state index contributed by atoms with van der Waals surface area (Å²) in [4.78, 5) is 37.5. The lowest BCUT2D eigenvalue weighted by Crippen LogP contribution is -2.34. The molecule has 1 unspecified atom stereocenters. The van der Waals surface area contributed by atoms with Crippen LogP contribution in [0.4, 0.5) is 0 Å². The summed E-state index contributed by atoms with van der Waals surface area (Å²) in [5, 5.41) is 8.77. The Hall–Kier alpha value is -1.63. The summed E-state index contributed by atoms with van der Waals surface area (Å²) in [7, 11) is 1.51. The van der Waals surface area contributed by atoms with Crippen molar-refractivity contribution in [2.75, 3.05) is 13.6 Å². The number of nitrogens with one attached hydrogen (secondary N) is 1. The SMILES string of the molecule is CC(CN(C)C(=O)c1c[nH]c(=O)c(Br)c1)C(=O)O. The minimum Gasteiger partial charge on any atom is -0.481 e. The Kier molecular flexibility index (Phi) is 4.66. The molecule has 0 fully saturated rings. The number of rotatable bonds is 4. The van der Waals surface area contributed by atoms with E-state index < -0.39 is 11.9 Å². The van der Waals surface area contributed by atoms with Crippen LogP contribution in [-0.4, -0.2) is 40.5 Å². The predicted molar refractivity (Wildman–Crippen MR) is 68.5 cm³/mol. The predicted octanol–water partition coefficient (Wildman–Crippen LogP) is 0.930. The maximum atomic E-state index is 12.0. The van der Waals surface area contributed by atoms with Crippen molar-refractivity contribution in [2.45, 2.75) is 6.92 Å². The van der Waals surface area contributed by atoms with Crippen molar-refractivity contribution < 1.29 is 14.7 Å². The highest BCUT2D eigenvalue weighted by Crippen LogP contribution is 2.09. The van der Waals surface area contributed by atoms with E-state index in [-0.39, 0.29) is 22.5 Å². The normalized spacial score (nSPS) is 11.9. The van der Waals surface area contributed by atoms with Crippen molar-refractivity contribution in [2.24, 2.45) is 5.92 Å². The molecule has 1 rings (SSSR count). The molecule has 0 bridgehead atoms. The molecule has 6 nitrogen and oxygen atoms in total. The van der Waals surface area contributed by atoms with E-state index in [4.69, 9.17) is 5.11 Å². The van der Waals surface area contributed by atoms with Crippen molar-refractivity contribution in [1.29, 1.82) is 0 Å². The fourth-order valence-electron chi connectivity index (χ4n) is 1.37. The second kappa shape index (κ2) is 5.81. The summed E-state index contributed by atoms with van der Waals surface area (Å²) in [6.07, 6.45) is 1.30. The number of carbonyl (C=O) groups excluding carboxylic acids is 1. The molecule has 0 radical (unpaired) electrons. The first kappa shape index (κ1) is 14.4. The van der Waals surface area contributed by atoms with Crippen LogP contribution in [0.1, 0.15) is 17.3 Å². The average molecular weight is 317 g/mol. The molecule has 0 saturated carbocycles. The van der Waals surface area contributed by atoms with E-state index in [9.17, 15) is 14.4 Å². The molecule has 1 heterocycles. The summed E-state index contributed by atoms with van der Waals surface area (Å²) in [5.74, 6) is -1.96. The van der Waals surface area contributed by atoms with Crippen LogP contribution < -0.4 is 5.56 Å². The van der Waals surface area contributed by atoms with Crippen molar-refractivity contribution in [1.82, 2.24) is 9.88 Å². The fourth-order valence-corrected chi connectivity index (χ4v) is 1.73. The van der Waals surface area contributed by atoms with Crippen LogP contribution in [0.5, 0.6) is 0 Å². The average Bonchev–Trinajstić information content (AvgIpc) is 2.31. The van der Waals surface area contributed by atoms with E-state index in [2.05, 4.69) is 20.9 Å². The Bertz CT molecular complexity index is 526. The Morgan fingerprint density at radius 2 is 2.17 bits per heavy atom. The number of amides is 1. The molecule has 1 aromatic heterocycles.